The number of hydrogen-bond donors (Lipinski definition) is 0. The third kappa shape index (κ3) is 3.35. The number of carbonyl (C=O) groups is 1. The number of thiazole rings is 1. The summed E-state index contributed by atoms with van der Waals surface area (Å²) in [6.45, 7) is 1.99. The van der Waals surface area contributed by atoms with E-state index < -0.39 is 0 Å². The SMILES string of the molecule is C[C@H](c1nc2ccccc2s1)N(C)C(=O)CSc1nnnn1C. The molecule has 0 fully saturated rings. The maximum Gasteiger partial charge on any atom is 0.233 e. The molecule has 0 bridgehead atoms. The fraction of sp³-hybridized carbons (Fsp3) is 0.357. The molecule has 120 valence electrons. The van der Waals surface area contributed by atoms with Crippen LogP contribution in [0.3, 0.4) is 0 Å². The van der Waals surface area contributed by atoms with Gasteiger partial charge in [-0.1, -0.05) is 23.9 Å². The van der Waals surface area contributed by atoms with E-state index in [0.29, 0.717) is 10.9 Å². The Morgan fingerprint density at radius 1 is 1.43 bits per heavy atom. The van der Waals surface area contributed by atoms with Gasteiger partial charge in [0.2, 0.25) is 11.1 Å². The predicted octanol–water partition coefficient (Wildman–Crippen LogP) is 2.13. The summed E-state index contributed by atoms with van der Waals surface area (Å²) in [5.41, 5.74) is 0.972. The van der Waals surface area contributed by atoms with Gasteiger partial charge < -0.3 is 4.90 Å². The quantitative estimate of drug-likeness (QED) is 0.658. The first-order valence-corrected chi connectivity index (χ1v) is 8.82. The van der Waals surface area contributed by atoms with Crippen LogP contribution in [0.25, 0.3) is 10.2 Å². The van der Waals surface area contributed by atoms with E-state index in [2.05, 4.69) is 20.5 Å². The molecule has 1 amide bonds. The number of rotatable bonds is 5. The van der Waals surface area contributed by atoms with Crippen LogP contribution in [0.2, 0.25) is 0 Å². The van der Waals surface area contributed by atoms with Gasteiger partial charge in [0.15, 0.2) is 0 Å². The van der Waals surface area contributed by atoms with Crippen LogP contribution in [-0.2, 0) is 11.8 Å². The molecule has 1 atom stereocenters. The van der Waals surface area contributed by atoms with Crippen LogP contribution in [0.1, 0.15) is 18.0 Å². The topological polar surface area (TPSA) is 76.8 Å². The van der Waals surface area contributed by atoms with Gasteiger partial charge in [-0.15, -0.1) is 16.4 Å². The molecule has 2 heterocycles. The molecule has 0 saturated heterocycles. The lowest BCUT2D eigenvalue weighted by Crippen LogP contribution is -2.31. The highest BCUT2D eigenvalue weighted by Crippen LogP contribution is 2.29. The number of benzene rings is 1. The van der Waals surface area contributed by atoms with Gasteiger partial charge in [0.1, 0.15) is 5.01 Å². The van der Waals surface area contributed by atoms with Crippen molar-refractivity contribution in [2.75, 3.05) is 12.8 Å². The molecule has 2 aromatic heterocycles. The minimum atomic E-state index is -0.0712. The lowest BCUT2D eigenvalue weighted by molar-refractivity contribution is -0.128. The normalized spacial score (nSPS) is 12.5. The van der Waals surface area contributed by atoms with E-state index in [-0.39, 0.29) is 11.9 Å². The van der Waals surface area contributed by atoms with E-state index in [4.69, 9.17) is 0 Å². The van der Waals surface area contributed by atoms with Crippen molar-refractivity contribution in [1.82, 2.24) is 30.1 Å². The Hall–Kier alpha value is -2.00. The number of hydrogen-bond acceptors (Lipinski definition) is 7. The monoisotopic (exact) mass is 348 g/mol. The van der Waals surface area contributed by atoms with Gasteiger partial charge in [0.25, 0.3) is 0 Å². The van der Waals surface area contributed by atoms with Gasteiger partial charge in [-0.2, -0.15) is 0 Å². The third-order valence-corrected chi connectivity index (χ3v) is 5.75. The highest BCUT2D eigenvalue weighted by Gasteiger charge is 2.21. The molecule has 1 aromatic carbocycles. The summed E-state index contributed by atoms with van der Waals surface area (Å²) in [5.74, 6) is 0.310. The van der Waals surface area contributed by atoms with E-state index in [1.807, 2.05) is 31.2 Å². The van der Waals surface area contributed by atoms with Crippen molar-refractivity contribution in [1.29, 1.82) is 0 Å². The highest BCUT2D eigenvalue weighted by molar-refractivity contribution is 7.99. The summed E-state index contributed by atoms with van der Waals surface area (Å²) < 4.78 is 2.68. The zero-order chi connectivity index (χ0) is 16.4. The molecule has 23 heavy (non-hydrogen) atoms. The number of thioether (sulfide) groups is 1. The third-order valence-electron chi connectivity index (χ3n) is 3.55. The van der Waals surface area contributed by atoms with Crippen molar-refractivity contribution >= 4 is 39.2 Å². The van der Waals surface area contributed by atoms with Crippen LogP contribution in [-0.4, -0.2) is 48.8 Å². The second kappa shape index (κ2) is 6.63. The van der Waals surface area contributed by atoms with Gasteiger partial charge in [-0.3, -0.25) is 4.79 Å². The first kappa shape index (κ1) is 15.9. The fourth-order valence-corrected chi connectivity index (χ4v) is 3.86. The number of carbonyl (C=O) groups excluding carboxylic acids is 1. The molecule has 0 aliphatic heterocycles. The van der Waals surface area contributed by atoms with Crippen LogP contribution < -0.4 is 0 Å². The number of nitrogens with zero attached hydrogens (tertiary/aromatic N) is 6. The Bertz CT molecular complexity index is 796. The van der Waals surface area contributed by atoms with Gasteiger partial charge in [-0.05, 0) is 29.5 Å². The second-order valence-electron chi connectivity index (χ2n) is 5.07. The lowest BCUT2D eigenvalue weighted by Gasteiger charge is -2.22. The molecular weight excluding hydrogens is 332 g/mol. The standard InChI is InChI=1S/C14H16N6OS2/c1-9(13-15-10-6-4-5-7-11(10)23-13)19(2)12(21)8-22-14-16-17-18-20(14)3/h4-7,9H,8H2,1-3H3/t9-/m1/s1. The van der Waals surface area contributed by atoms with Crippen LogP contribution >= 0.6 is 23.1 Å². The lowest BCUT2D eigenvalue weighted by atomic mass is 10.3. The molecule has 0 unspecified atom stereocenters. The van der Waals surface area contributed by atoms with Crippen molar-refractivity contribution in [3.8, 4) is 0 Å². The molecule has 0 spiro atoms. The first-order valence-electron chi connectivity index (χ1n) is 7.02. The summed E-state index contributed by atoms with van der Waals surface area (Å²) in [6, 6.07) is 7.92. The summed E-state index contributed by atoms with van der Waals surface area (Å²) in [5, 5.41) is 12.7. The van der Waals surface area contributed by atoms with E-state index in [1.165, 1.54) is 11.8 Å². The first-order chi connectivity index (χ1) is 11.1. The van der Waals surface area contributed by atoms with E-state index in [0.717, 1.165) is 15.2 Å². The van der Waals surface area contributed by atoms with Crippen LogP contribution in [0.15, 0.2) is 29.4 Å². The summed E-state index contributed by atoms with van der Waals surface area (Å²) in [4.78, 5) is 18.7. The van der Waals surface area contributed by atoms with E-state index >= 15 is 0 Å². The average Bonchev–Trinajstić information content (AvgIpc) is 3.17. The summed E-state index contributed by atoms with van der Waals surface area (Å²) in [6.07, 6.45) is 0. The van der Waals surface area contributed by atoms with E-state index in [9.17, 15) is 4.79 Å². The molecule has 0 saturated carbocycles. The van der Waals surface area contributed by atoms with Crippen LogP contribution in [0, 0.1) is 0 Å². The maximum atomic E-state index is 12.4. The Kier molecular flexibility index (Phi) is 4.58. The number of aromatic nitrogens is 5. The number of amides is 1. The average molecular weight is 348 g/mol. The largest absolute Gasteiger partial charge is 0.336 e. The van der Waals surface area contributed by atoms with Gasteiger partial charge in [0, 0.05) is 14.1 Å². The fourth-order valence-electron chi connectivity index (χ4n) is 2.02. The van der Waals surface area contributed by atoms with Gasteiger partial charge >= 0.3 is 0 Å². The maximum absolute atomic E-state index is 12.4. The minimum Gasteiger partial charge on any atom is -0.336 e. The Morgan fingerprint density at radius 3 is 2.91 bits per heavy atom. The van der Waals surface area contributed by atoms with Gasteiger partial charge in [-0.25, -0.2) is 9.67 Å². The number of aryl methyl sites for hydroxylation is 1. The molecule has 9 heteroatoms. The Balaban J connectivity index is 1.67. The van der Waals surface area contributed by atoms with Crippen molar-refractivity contribution in [2.24, 2.45) is 7.05 Å². The number of tetrazole rings is 1. The predicted molar refractivity (Wildman–Crippen MR) is 90.3 cm³/mol. The van der Waals surface area contributed by atoms with Crippen LogP contribution in [0.4, 0.5) is 0 Å². The minimum absolute atomic E-state index is 0.0183. The molecule has 0 radical (unpaired) electrons. The smallest absolute Gasteiger partial charge is 0.233 e. The second-order valence-corrected chi connectivity index (χ2v) is 7.08. The number of para-hydroxylation sites is 1. The van der Waals surface area contributed by atoms with Crippen molar-refractivity contribution in [3.63, 3.8) is 0 Å². The van der Waals surface area contributed by atoms with E-state index in [1.54, 1.807) is 35.0 Å². The summed E-state index contributed by atoms with van der Waals surface area (Å²) in [7, 11) is 3.55. The zero-order valence-corrected chi connectivity index (χ0v) is 14.6. The zero-order valence-electron chi connectivity index (χ0n) is 13.0. The summed E-state index contributed by atoms with van der Waals surface area (Å²) >= 11 is 2.95. The molecule has 7 nitrogen and oxygen atoms in total. The molecule has 3 rings (SSSR count). The molecule has 0 aliphatic carbocycles. The van der Waals surface area contributed by atoms with Gasteiger partial charge in [0.05, 0.1) is 22.0 Å². The number of fused-ring (bicyclic) bond motifs is 1. The highest BCUT2D eigenvalue weighted by atomic mass is 32.2. The van der Waals surface area contributed by atoms with Crippen LogP contribution in [0.5, 0.6) is 0 Å². The molecule has 3 aromatic rings. The molecule has 0 aliphatic rings. The molecular formula is C14H16N6OS2. The van der Waals surface area contributed by atoms with Crippen molar-refractivity contribution < 1.29 is 4.79 Å². The Labute approximate surface area is 141 Å². The Morgan fingerprint density at radius 2 is 2.22 bits per heavy atom. The van der Waals surface area contributed by atoms with Crippen molar-refractivity contribution in [2.45, 2.75) is 18.1 Å². The molecule has 0 N–H and O–H groups in total. The van der Waals surface area contributed by atoms with Crippen molar-refractivity contribution in [3.05, 3.63) is 29.3 Å².